The van der Waals surface area contributed by atoms with Crippen LogP contribution in [0.2, 0.25) is 0 Å². The molecule has 0 bridgehead atoms. The maximum absolute atomic E-state index is 10.5. The van der Waals surface area contributed by atoms with Crippen molar-refractivity contribution in [2.45, 2.75) is 39.2 Å². The molecule has 0 unspecified atom stereocenters. The van der Waals surface area contributed by atoms with Gasteiger partial charge in [-0.15, -0.1) is 0 Å². The molecule has 3 heteroatoms. The molecule has 0 aromatic heterocycles. The summed E-state index contributed by atoms with van der Waals surface area (Å²) in [6.45, 7) is 5.95. The molecule has 0 radical (unpaired) electrons. The van der Waals surface area contributed by atoms with Gasteiger partial charge in [-0.05, 0) is 26.8 Å². The summed E-state index contributed by atoms with van der Waals surface area (Å²) >= 11 is 0. The van der Waals surface area contributed by atoms with Crippen LogP contribution < -0.4 is 0 Å². The number of hydrogen-bond acceptors (Lipinski definition) is 3. The number of hydroxylamine groups is 2. The lowest BCUT2D eigenvalue weighted by molar-refractivity contribution is -0.202. The van der Waals surface area contributed by atoms with E-state index in [4.69, 9.17) is 4.84 Å². The predicted octanol–water partition coefficient (Wildman–Crippen LogP) is 1.93. The quantitative estimate of drug-likeness (QED) is 0.568. The van der Waals surface area contributed by atoms with E-state index in [9.17, 15) is 5.21 Å². The van der Waals surface area contributed by atoms with Gasteiger partial charge in [0.1, 0.15) is 0 Å². The average molecular weight is 146 g/mol. The van der Waals surface area contributed by atoms with Gasteiger partial charge in [0, 0.05) is 0 Å². The monoisotopic (exact) mass is 146 g/mol. The van der Waals surface area contributed by atoms with Crippen molar-refractivity contribution in [3.8, 4) is 0 Å². The van der Waals surface area contributed by atoms with Gasteiger partial charge in [0.25, 0.3) is 0 Å². The van der Waals surface area contributed by atoms with Crippen molar-refractivity contribution in [2.24, 2.45) is 0 Å². The lowest BCUT2D eigenvalue weighted by Crippen LogP contribution is -2.32. The molecule has 0 aromatic rings. The number of hydrogen-bond donors (Lipinski definition) is 0. The molecule has 0 saturated carbocycles. The van der Waals surface area contributed by atoms with Gasteiger partial charge in [0.15, 0.2) is 0 Å². The highest BCUT2D eigenvalue weighted by Gasteiger charge is 2.20. The van der Waals surface area contributed by atoms with E-state index in [0.717, 1.165) is 12.8 Å². The third-order valence-corrected chi connectivity index (χ3v) is 1.84. The van der Waals surface area contributed by atoms with Crippen LogP contribution in [-0.2, 0) is 4.84 Å². The van der Waals surface area contributed by atoms with Gasteiger partial charge in [-0.2, -0.15) is 0 Å². The molecule has 0 heterocycles. The Morgan fingerprint density at radius 2 is 1.80 bits per heavy atom. The molecule has 0 amide bonds. The van der Waals surface area contributed by atoms with Crippen LogP contribution in [0, 0.1) is 5.21 Å². The molecule has 3 nitrogen and oxygen atoms in total. The first-order chi connectivity index (χ1) is 4.54. The van der Waals surface area contributed by atoms with E-state index in [1.54, 1.807) is 0 Å². The van der Waals surface area contributed by atoms with Crippen LogP contribution in [0.3, 0.4) is 0 Å². The molecule has 0 spiro atoms. The Balaban J connectivity index is 3.80. The minimum absolute atomic E-state index is 0.281. The summed E-state index contributed by atoms with van der Waals surface area (Å²) in [5, 5.41) is 11.0. The Labute approximate surface area is 62.5 Å². The summed E-state index contributed by atoms with van der Waals surface area (Å²) in [5.74, 6) is 0. The molecule has 0 aromatic carbocycles. The molecule has 0 N–H and O–H groups in total. The zero-order valence-corrected chi connectivity index (χ0v) is 7.18. The van der Waals surface area contributed by atoms with E-state index in [-0.39, 0.29) is 5.60 Å². The Morgan fingerprint density at radius 1 is 1.40 bits per heavy atom. The first kappa shape index (κ1) is 9.88. The molecular weight excluding hydrogens is 130 g/mol. The summed E-state index contributed by atoms with van der Waals surface area (Å²) in [6.07, 6.45) is 1.71. The molecule has 0 saturated heterocycles. The van der Waals surface area contributed by atoms with Crippen LogP contribution in [0.5, 0.6) is 0 Å². The van der Waals surface area contributed by atoms with E-state index in [2.05, 4.69) is 0 Å². The SMILES string of the molecule is CCC(C)(CC)ON(C)[O-]. The fourth-order valence-electron chi connectivity index (χ4n) is 0.689. The molecular formula is C7H16NO2-. The topological polar surface area (TPSA) is 35.5 Å². The maximum Gasteiger partial charge on any atom is 0.0854 e. The second-order valence-electron chi connectivity index (χ2n) is 2.69. The highest BCUT2D eigenvalue weighted by molar-refractivity contribution is 4.69. The maximum atomic E-state index is 10.5. The molecule has 62 valence electrons. The first-order valence-corrected chi connectivity index (χ1v) is 3.64. The molecule has 0 aliphatic carbocycles. The van der Waals surface area contributed by atoms with E-state index >= 15 is 0 Å². The van der Waals surface area contributed by atoms with Crippen molar-refractivity contribution < 1.29 is 4.84 Å². The Kier molecular flexibility index (Phi) is 3.86. The zero-order valence-electron chi connectivity index (χ0n) is 7.18. The van der Waals surface area contributed by atoms with Gasteiger partial charge >= 0.3 is 0 Å². The van der Waals surface area contributed by atoms with Gasteiger partial charge in [-0.3, -0.25) is 5.23 Å². The normalized spacial score (nSPS) is 12.6. The van der Waals surface area contributed by atoms with Crippen molar-refractivity contribution in [3.05, 3.63) is 5.21 Å². The Morgan fingerprint density at radius 3 is 1.90 bits per heavy atom. The van der Waals surface area contributed by atoms with E-state index < -0.39 is 0 Å². The predicted molar refractivity (Wildman–Crippen MR) is 41.2 cm³/mol. The molecule has 0 fully saturated rings. The first-order valence-electron chi connectivity index (χ1n) is 3.64. The summed E-state index contributed by atoms with van der Waals surface area (Å²) in [5.41, 5.74) is -0.281. The van der Waals surface area contributed by atoms with Crippen LogP contribution in [0.15, 0.2) is 0 Å². The largest absolute Gasteiger partial charge is 0.762 e. The van der Waals surface area contributed by atoms with Crippen LogP contribution >= 0.6 is 0 Å². The molecule has 0 aliphatic heterocycles. The minimum atomic E-state index is -0.281. The summed E-state index contributed by atoms with van der Waals surface area (Å²) < 4.78 is 0. The van der Waals surface area contributed by atoms with Gasteiger partial charge in [0.2, 0.25) is 0 Å². The van der Waals surface area contributed by atoms with E-state index in [1.807, 2.05) is 20.8 Å². The minimum Gasteiger partial charge on any atom is -0.762 e. The van der Waals surface area contributed by atoms with Gasteiger partial charge in [-0.1, -0.05) is 13.8 Å². The second-order valence-corrected chi connectivity index (χ2v) is 2.69. The number of nitrogens with zero attached hydrogens (tertiary/aromatic N) is 1. The van der Waals surface area contributed by atoms with E-state index in [1.165, 1.54) is 7.05 Å². The molecule has 0 atom stereocenters. The summed E-state index contributed by atoms with van der Waals surface area (Å²) in [7, 11) is 1.36. The van der Waals surface area contributed by atoms with Crippen LogP contribution in [-0.4, -0.2) is 17.9 Å². The van der Waals surface area contributed by atoms with Crippen LogP contribution in [0.4, 0.5) is 0 Å². The second kappa shape index (κ2) is 3.91. The average Bonchev–Trinajstić information content (AvgIpc) is 1.87. The van der Waals surface area contributed by atoms with Gasteiger partial charge < -0.3 is 10.0 Å². The van der Waals surface area contributed by atoms with Crippen molar-refractivity contribution >= 4 is 0 Å². The third kappa shape index (κ3) is 3.15. The highest BCUT2D eigenvalue weighted by Crippen LogP contribution is 2.19. The third-order valence-electron chi connectivity index (χ3n) is 1.84. The van der Waals surface area contributed by atoms with Crippen LogP contribution in [0.25, 0.3) is 0 Å². The van der Waals surface area contributed by atoms with Crippen molar-refractivity contribution in [3.63, 3.8) is 0 Å². The van der Waals surface area contributed by atoms with E-state index in [0.29, 0.717) is 5.23 Å². The molecule has 0 aliphatic rings. The standard InChI is InChI=1S/C7H16NO2/c1-5-7(3,6-2)10-8(4)9/h5-6H2,1-4H3/q-1. The highest BCUT2D eigenvalue weighted by atomic mass is 16.9. The van der Waals surface area contributed by atoms with Gasteiger partial charge in [0.05, 0.1) is 5.60 Å². The van der Waals surface area contributed by atoms with Crippen LogP contribution in [0.1, 0.15) is 33.6 Å². The fourth-order valence-corrected chi connectivity index (χ4v) is 0.689. The van der Waals surface area contributed by atoms with Crippen molar-refractivity contribution in [2.75, 3.05) is 7.05 Å². The Bertz CT molecular complexity index is 89.6. The summed E-state index contributed by atoms with van der Waals surface area (Å²) in [4.78, 5) is 5.01. The zero-order chi connectivity index (χ0) is 8.20. The lowest BCUT2D eigenvalue weighted by Gasteiger charge is -2.35. The molecule has 0 rings (SSSR count). The van der Waals surface area contributed by atoms with Crippen molar-refractivity contribution in [1.82, 2.24) is 5.23 Å². The van der Waals surface area contributed by atoms with Gasteiger partial charge in [-0.25, -0.2) is 0 Å². The summed E-state index contributed by atoms with van der Waals surface area (Å²) in [6, 6.07) is 0. The fraction of sp³-hybridized carbons (Fsp3) is 1.00. The smallest absolute Gasteiger partial charge is 0.0854 e. The lowest BCUT2D eigenvalue weighted by atomic mass is 10.0. The van der Waals surface area contributed by atoms with Crippen molar-refractivity contribution in [1.29, 1.82) is 0 Å². The number of rotatable bonds is 4. The Hall–Kier alpha value is -0.120. The molecule has 10 heavy (non-hydrogen) atoms.